The quantitative estimate of drug-likeness (QED) is 0.686. The van der Waals surface area contributed by atoms with E-state index >= 15 is 0 Å². The van der Waals surface area contributed by atoms with E-state index in [0.29, 0.717) is 36.4 Å². The molecule has 1 aliphatic heterocycles. The molecule has 1 heterocycles. The van der Waals surface area contributed by atoms with Crippen LogP contribution in [-0.2, 0) is 4.74 Å². The van der Waals surface area contributed by atoms with Gasteiger partial charge in [-0.1, -0.05) is 24.9 Å². The molecule has 1 aromatic carbocycles. The van der Waals surface area contributed by atoms with Crippen LogP contribution in [0.2, 0.25) is 5.02 Å². The predicted molar refractivity (Wildman–Crippen MR) is 98.9 cm³/mol. The van der Waals surface area contributed by atoms with Crippen LogP contribution in [0.25, 0.3) is 0 Å². The maximum atomic E-state index is 14.0. The maximum Gasteiger partial charge on any atom is 0.407 e. The van der Waals surface area contributed by atoms with Gasteiger partial charge in [-0.2, -0.15) is 0 Å². The van der Waals surface area contributed by atoms with Gasteiger partial charge in [0.1, 0.15) is 5.82 Å². The van der Waals surface area contributed by atoms with Crippen molar-refractivity contribution in [2.24, 2.45) is 0 Å². The molecule has 1 aliphatic rings. The van der Waals surface area contributed by atoms with E-state index in [1.807, 2.05) is 4.90 Å². The normalized spacial score (nSPS) is 15.2. The van der Waals surface area contributed by atoms with Crippen molar-refractivity contribution in [3.63, 3.8) is 0 Å². The highest BCUT2D eigenvalue weighted by atomic mass is 35.5. The average molecular weight is 372 g/mol. The zero-order chi connectivity index (χ0) is 18.1. The molecule has 1 amide bonds. The lowest BCUT2D eigenvalue weighted by Crippen LogP contribution is -2.45. The fourth-order valence-corrected chi connectivity index (χ4v) is 3.02. The number of ether oxygens (including phenoxy) is 1. The lowest BCUT2D eigenvalue weighted by molar-refractivity contribution is 0.144. The standard InChI is InChI=1S/C18H27ClFN3O2/c1-2-3-12-25-18(24)22-9-8-21-15-6-10-23(11-7-15)17-5-4-14(19)13-16(17)20/h4-5,13,15,21H,2-3,6-12H2,1H3,(H,22,24). The number of unbranched alkanes of at least 4 members (excludes halogenated alkanes) is 1. The molecule has 2 rings (SSSR count). The Balaban J connectivity index is 1.61. The summed E-state index contributed by atoms with van der Waals surface area (Å²) in [6.07, 6.45) is 3.40. The summed E-state index contributed by atoms with van der Waals surface area (Å²) in [4.78, 5) is 13.5. The molecule has 7 heteroatoms. The van der Waals surface area contributed by atoms with Crippen LogP contribution in [0.15, 0.2) is 18.2 Å². The van der Waals surface area contributed by atoms with Gasteiger partial charge in [-0.3, -0.25) is 0 Å². The van der Waals surface area contributed by atoms with E-state index in [0.717, 1.165) is 38.8 Å². The molecule has 0 radical (unpaired) electrons. The Morgan fingerprint density at radius 2 is 2.12 bits per heavy atom. The van der Waals surface area contributed by atoms with Crippen LogP contribution in [0.5, 0.6) is 0 Å². The van der Waals surface area contributed by atoms with Crippen molar-refractivity contribution in [3.05, 3.63) is 29.0 Å². The molecule has 1 saturated heterocycles. The third-order valence-corrected chi connectivity index (χ3v) is 4.54. The Hall–Kier alpha value is -1.53. The maximum absolute atomic E-state index is 14.0. The molecular weight excluding hydrogens is 345 g/mol. The fraction of sp³-hybridized carbons (Fsp3) is 0.611. The van der Waals surface area contributed by atoms with E-state index in [9.17, 15) is 9.18 Å². The number of nitrogens with zero attached hydrogens (tertiary/aromatic N) is 1. The Bertz CT molecular complexity index is 551. The molecule has 1 aromatic rings. The molecular formula is C18H27ClFN3O2. The number of halogens is 2. The molecule has 25 heavy (non-hydrogen) atoms. The van der Waals surface area contributed by atoms with Crippen LogP contribution in [0, 0.1) is 5.82 Å². The van der Waals surface area contributed by atoms with Crippen LogP contribution in [0.1, 0.15) is 32.6 Å². The minimum absolute atomic E-state index is 0.273. The zero-order valence-electron chi connectivity index (χ0n) is 14.7. The Morgan fingerprint density at radius 3 is 2.80 bits per heavy atom. The highest BCUT2D eigenvalue weighted by molar-refractivity contribution is 6.30. The number of carbonyl (C=O) groups is 1. The molecule has 1 fully saturated rings. The summed E-state index contributed by atoms with van der Waals surface area (Å²) in [5.41, 5.74) is 0.611. The molecule has 140 valence electrons. The molecule has 0 unspecified atom stereocenters. The van der Waals surface area contributed by atoms with Crippen LogP contribution in [-0.4, -0.2) is 44.9 Å². The molecule has 0 atom stereocenters. The van der Waals surface area contributed by atoms with Gasteiger partial charge in [0.05, 0.1) is 12.3 Å². The molecule has 0 spiro atoms. The fourth-order valence-electron chi connectivity index (χ4n) is 2.86. The largest absolute Gasteiger partial charge is 0.450 e. The summed E-state index contributed by atoms with van der Waals surface area (Å²) < 4.78 is 19.0. The predicted octanol–water partition coefficient (Wildman–Crippen LogP) is 3.56. The van der Waals surface area contributed by atoms with Crippen molar-refractivity contribution in [2.75, 3.05) is 37.7 Å². The molecule has 0 aromatic heterocycles. The van der Waals surface area contributed by atoms with E-state index in [4.69, 9.17) is 16.3 Å². The minimum Gasteiger partial charge on any atom is -0.450 e. The van der Waals surface area contributed by atoms with Gasteiger partial charge in [0.2, 0.25) is 0 Å². The number of benzene rings is 1. The summed E-state index contributed by atoms with van der Waals surface area (Å²) in [6.45, 7) is 5.35. The second-order valence-electron chi connectivity index (χ2n) is 6.23. The van der Waals surface area contributed by atoms with E-state index in [1.165, 1.54) is 6.07 Å². The van der Waals surface area contributed by atoms with Crippen LogP contribution in [0.4, 0.5) is 14.9 Å². The summed E-state index contributed by atoms with van der Waals surface area (Å²) in [6, 6.07) is 5.19. The molecule has 2 N–H and O–H groups in total. The van der Waals surface area contributed by atoms with Crippen molar-refractivity contribution in [3.8, 4) is 0 Å². The third-order valence-electron chi connectivity index (χ3n) is 4.30. The topological polar surface area (TPSA) is 53.6 Å². The average Bonchev–Trinajstić information content (AvgIpc) is 2.60. The summed E-state index contributed by atoms with van der Waals surface area (Å²) in [5, 5.41) is 6.58. The van der Waals surface area contributed by atoms with E-state index in [1.54, 1.807) is 12.1 Å². The molecule has 0 aliphatic carbocycles. The number of hydrogen-bond acceptors (Lipinski definition) is 4. The lowest BCUT2D eigenvalue weighted by Gasteiger charge is -2.34. The molecule has 0 bridgehead atoms. The summed E-state index contributed by atoms with van der Waals surface area (Å²) >= 11 is 5.80. The highest BCUT2D eigenvalue weighted by Gasteiger charge is 2.20. The van der Waals surface area contributed by atoms with Gasteiger partial charge in [-0.25, -0.2) is 9.18 Å². The first-order valence-electron chi connectivity index (χ1n) is 8.94. The summed E-state index contributed by atoms with van der Waals surface area (Å²) in [5.74, 6) is -0.273. The lowest BCUT2D eigenvalue weighted by atomic mass is 10.0. The van der Waals surface area contributed by atoms with Gasteiger partial charge in [0, 0.05) is 37.2 Å². The number of carbonyl (C=O) groups excluding carboxylic acids is 1. The van der Waals surface area contributed by atoms with Crippen molar-refractivity contribution in [1.82, 2.24) is 10.6 Å². The minimum atomic E-state index is -0.358. The van der Waals surface area contributed by atoms with Gasteiger partial charge in [0.15, 0.2) is 0 Å². The molecule has 5 nitrogen and oxygen atoms in total. The zero-order valence-corrected chi connectivity index (χ0v) is 15.4. The van der Waals surface area contributed by atoms with Gasteiger partial charge in [-0.05, 0) is 37.5 Å². The van der Waals surface area contributed by atoms with Crippen molar-refractivity contribution < 1.29 is 13.9 Å². The number of rotatable bonds is 8. The summed E-state index contributed by atoms with van der Waals surface area (Å²) in [7, 11) is 0. The second kappa shape index (κ2) is 10.5. The van der Waals surface area contributed by atoms with E-state index in [-0.39, 0.29) is 11.9 Å². The number of hydrogen-bond donors (Lipinski definition) is 2. The second-order valence-corrected chi connectivity index (χ2v) is 6.66. The van der Waals surface area contributed by atoms with Crippen molar-refractivity contribution in [1.29, 1.82) is 0 Å². The Kier molecular flexibility index (Phi) is 8.28. The number of anilines is 1. The van der Waals surface area contributed by atoms with Gasteiger partial charge < -0.3 is 20.3 Å². The SMILES string of the molecule is CCCCOC(=O)NCCNC1CCN(c2ccc(Cl)cc2F)CC1. The highest BCUT2D eigenvalue weighted by Crippen LogP contribution is 2.25. The van der Waals surface area contributed by atoms with E-state index in [2.05, 4.69) is 17.6 Å². The monoisotopic (exact) mass is 371 g/mol. The first-order valence-corrected chi connectivity index (χ1v) is 9.32. The van der Waals surface area contributed by atoms with Gasteiger partial charge >= 0.3 is 6.09 Å². The van der Waals surface area contributed by atoms with Crippen LogP contribution < -0.4 is 15.5 Å². The third kappa shape index (κ3) is 6.71. The van der Waals surface area contributed by atoms with Gasteiger partial charge in [0.25, 0.3) is 0 Å². The number of alkyl carbamates (subject to hydrolysis) is 1. The Labute approximate surface area is 153 Å². The van der Waals surface area contributed by atoms with Crippen molar-refractivity contribution in [2.45, 2.75) is 38.6 Å². The van der Waals surface area contributed by atoms with Crippen LogP contribution >= 0.6 is 11.6 Å². The smallest absolute Gasteiger partial charge is 0.407 e. The number of piperidine rings is 1. The number of nitrogens with one attached hydrogen (secondary N) is 2. The van der Waals surface area contributed by atoms with Gasteiger partial charge in [-0.15, -0.1) is 0 Å². The Morgan fingerprint density at radius 1 is 1.36 bits per heavy atom. The first kappa shape index (κ1) is 19.8. The number of amides is 1. The molecule has 0 saturated carbocycles. The first-order chi connectivity index (χ1) is 12.1. The van der Waals surface area contributed by atoms with Crippen molar-refractivity contribution >= 4 is 23.4 Å². The van der Waals surface area contributed by atoms with E-state index < -0.39 is 0 Å². The van der Waals surface area contributed by atoms with Crippen LogP contribution in [0.3, 0.4) is 0 Å².